The number of anilines is 1. The maximum absolute atomic E-state index is 13.2. The van der Waals surface area contributed by atoms with Gasteiger partial charge in [-0.3, -0.25) is 4.99 Å². The summed E-state index contributed by atoms with van der Waals surface area (Å²) in [6, 6.07) is 12.1. The highest BCUT2D eigenvalue weighted by Crippen LogP contribution is 2.21. The van der Waals surface area contributed by atoms with Gasteiger partial charge in [-0.1, -0.05) is 0 Å². The van der Waals surface area contributed by atoms with Crippen molar-refractivity contribution < 1.29 is 4.39 Å². The topological polar surface area (TPSA) is 100 Å². The number of rotatable bonds is 7. The van der Waals surface area contributed by atoms with Gasteiger partial charge in [-0.05, 0) is 49.2 Å². The van der Waals surface area contributed by atoms with E-state index in [0.29, 0.717) is 29.9 Å². The molecule has 0 atom stereocenters. The fourth-order valence-electron chi connectivity index (χ4n) is 3.37. The van der Waals surface area contributed by atoms with E-state index in [1.807, 2.05) is 26.4 Å². The molecule has 2 heterocycles. The molecule has 3 rings (SSSR count). The van der Waals surface area contributed by atoms with Crippen molar-refractivity contribution in [2.45, 2.75) is 19.4 Å². The first-order chi connectivity index (χ1) is 14.9. The molecule has 0 radical (unpaired) electrons. The van der Waals surface area contributed by atoms with Crippen molar-refractivity contribution in [3.05, 3.63) is 65.4 Å². The molecule has 0 aliphatic heterocycles. The highest BCUT2D eigenvalue weighted by molar-refractivity contribution is 14.0. The molecule has 8 nitrogen and oxygen atoms in total. The largest absolute Gasteiger partial charge is 0.382 e. The Morgan fingerprint density at radius 2 is 2.03 bits per heavy atom. The van der Waals surface area contributed by atoms with Crippen LogP contribution in [0.1, 0.15) is 23.4 Å². The fraction of sp³-hybridized carbons (Fsp3) is 0.318. The van der Waals surface area contributed by atoms with Crippen LogP contribution in [0.4, 0.5) is 10.2 Å². The molecule has 32 heavy (non-hydrogen) atoms. The van der Waals surface area contributed by atoms with Crippen LogP contribution in [0.3, 0.4) is 0 Å². The fourth-order valence-corrected chi connectivity index (χ4v) is 3.37. The van der Waals surface area contributed by atoms with Crippen LogP contribution in [0.5, 0.6) is 0 Å². The number of benzene rings is 1. The van der Waals surface area contributed by atoms with E-state index in [2.05, 4.69) is 37.0 Å². The Morgan fingerprint density at radius 3 is 2.62 bits per heavy atom. The zero-order valence-corrected chi connectivity index (χ0v) is 20.7. The Hall–Kier alpha value is -3.07. The summed E-state index contributed by atoms with van der Waals surface area (Å²) in [6.07, 6.45) is 3.33. The molecule has 2 aromatic heterocycles. The van der Waals surface area contributed by atoms with Gasteiger partial charge in [0.2, 0.25) is 0 Å². The second-order valence-corrected chi connectivity index (χ2v) is 7.25. The molecule has 0 aliphatic rings. The van der Waals surface area contributed by atoms with Gasteiger partial charge in [-0.15, -0.1) is 24.0 Å². The third kappa shape index (κ3) is 5.79. The average Bonchev–Trinajstić information content (AvgIpc) is 3.30. The van der Waals surface area contributed by atoms with Crippen molar-refractivity contribution in [2.24, 2.45) is 12.0 Å². The third-order valence-corrected chi connectivity index (χ3v) is 5.07. The summed E-state index contributed by atoms with van der Waals surface area (Å²) in [5.41, 5.74) is 8.89. The summed E-state index contributed by atoms with van der Waals surface area (Å²) < 4.78 is 16.8. The van der Waals surface area contributed by atoms with Crippen LogP contribution in [-0.4, -0.2) is 45.8 Å². The van der Waals surface area contributed by atoms with Crippen LogP contribution in [0.2, 0.25) is 0 Å². The van der Waals surface area contributed by atoms with Crippen LogP contribution in [0, 0.1) is 17.1 Å². The van der Waals surface area contributed by atoms with Gasteiger partial charge in [-0.25, -0.2) is 9.07 Å². The van der Waals surface area contributed by atoms with Crippen molar-refractivity contribution >= 4 is 35.8 Å². The Kier molecular flexibility index (Phi) is 9.07. The monoisotopic (exact) mass is 550 g/mol. The van der Waals surface area contributed by atoms with Crippen molar-refractivity contribution in [3.63, 3.8) is 0 Å². The minimum absolute atomic E-state index is 0. The van der Waals surface area contributed by atoms with Crippen LogP contribution in [0.15, 0.2) is 47.6 Å². The summed E-state index contributed by atoms with van der Waals surface area (Å²) >= 11 is 0. The molecule has 0 spiro atoms. The van der Waals surface area contributed by atoms with Crippen molar-refractivity contribution in [1.82, 2.24) is 24.6 Å². The van der Waals surface area contributed by atoms with Gasteiger partial charge in [0.15, 0.2) is 5.96 Å². The Bertz CT molecular complexity index is 1090. The predicted molar refractivity (Wildman–Crippen MR) is 135 cm³/mol. The lowest BCUT2D eigenvalue weighted by Crippen LogP contribution is -2.39. The zero-order chi connectivity index (χ0) is 22.4. The SMILES string of the molecule is CN=C(NCCCc1nn(-c2ccc(F)cc2)c(N)c1C#N)N(C)Cc1cccn1C.I. The Balaban J connectivity index is 0.00000363. The summed E-state index contributed by atoms with van der Waals surface area (Å²) in [6.45, 7) is 1.40. The molecule has 3 aromatic rings. The second kappa shape index (κ2) is 11.5. The lowest BCUT2D eigenvalue weighted by Gasteiger charge is -2.22. The number of aryl methyl sites for hydroxylation is 2. The predicted octanol–water partition coefficient (Wildman–Crippen LogP) is 3.06. The molecule has 170 valence electrons. The number of nitrogens with zero attached hydrogens (tertiary/aromatic N) is 6. The molecule has 0 amide bonds. The normalized spacial score (nSPS) is 11.0. The quantitative estimate of drug-likeness (QED) is 0.204. The summed E-state index contributed by atoms with van der Waals surface area (Å²) in [4.78, 5) is 6.39. The van der Waals surface area contributed by atoms with Gasteiger partial charge in [0.25, 0.3) is 0 Å². The Labute approximate surface area is 204 Å². The number of aromatic nitrogens is 3. The highest BCUT2D eigenvalue weighted by Gasteiger charge is 2.16. The maximum atomic E-state index is 13.2. The van der Waals surface area contributed by atoms with E-state index >= 15 is 0 Å². The number of hydrogen-bond donors (Lipinski definition) is 2. The number of aliphatic imine (C=N–C) groups is 1. The molecule has 0 fully saturated rings. The molecule has 0 unspecified atom stereocenters. The van der Waals surface area contributed by atoms with Crippen molar-refractivity contribution in [3.8, 4) is 11.8 Å². The molecule has 10 heteroatoms. The minimum Gasteiger partial charge on any atom is -0.382 e. The summed E-state index contributed by atoms with van der Waals surface area (Å²) in [5, 5.41) is 17.3. The molecule has 3 N–H and O–H groups in total. The van der Waals surface area contributed by atoms with Gasteiger partial charge in [-0.2, -0.15) is 10.4 Å². The van der Waals surface area contributed by atoms with Crippen LogP contribution in [0.25, 0.3) is 5.69 Å². The van der Waals surface area contributed by atoms with Crippen LogP contribution >= 0.6 is 24.0 Å². The molecule has 0 aliphatic carbocycles. The van der Waals surface area contributed by atoms with Crippen molar-refractivity contribution in [2.75, 3.05) is 26.4 Å². The average molecular weight is 550 g/mol. The third-order valence-electron chi connectivity index (χ3n) is 5.07. The van der Waals surface area contributed by atoms with E-state index in [0.717, 1.165) is 18.9 Å². The molecule has 1 aromatic carbocycles. The first-order valence-electron chi connectivity index (χ1n) is 10.00. The maximum Gasteiger partial charge on any atom is 0.193 e. The van der Waals surface area contributed by atoms with Gasteiger partial charge >= 0.3 is 0 Å². The van der Waals surface area contributed by atoms with Gasteiger partial charge in [0.1, 0.15) is 23.3 Å². The second-order valence-electron chi connectivity index (χ2n) is 7.25. The highest BCUT2D eigenvalue weighted by atomic mass is 127. The van der Waals surface area contributed by atoms with Crippen molar-refractivity contribution in [1.29, 1.82) is 5.26 Å². The molecular formula is C22H28FIN8. The number of nitrogens with one attached hydrogen (secondary N) is 1. The standard InChI is InChI=1S/C22H27FN8.HI/c1-26-22(30(3)15-18-6-5-13-29(18)2)27-12-4-7-20-19(14-24)21(25)31(28-20)17-10-8-16(23)9-11-17;/h5-6,8-11,13H,4,7,12,15,25H2,1-3H3,(H,26,27);1H. The number of guanidine groups is 1. The summed E-state index contributed by atoms with van der Waals surface area (Å²) in [5.74, 6) is 0.708. The van der Waals surface area contributed by atoms with Crippen LogP contribution < -0.4 is 11.1 Å². The summed E-state index contributed by atoms with van der Waals surface area (Å²) in [7, 11) is 5.76. The van der Waals surface area contributed by atoms with Gasteiger partial charge in [0, 0.05) is 39.6 Å². The van der Waals surface area contributed by atoms with E-state index < -0.39 is 0 Å². The lowest BCUT2D eigenvalue weighted by atomic mass is 10.1. The first kappa shape index (κ1) is 25.2. The molecule has 0 bridgehead atoms. The van der Waals surface area contributed by atoms with Crippen LogP contribution in [-0.2, 0) is 20.0 Å². The van der Waals surface area contributed by atoms with E-state index in [1.54, 1.807) is 19.2 Å². The molecule has 0 saturated heterocycles. The lowest BCUT2D eigenvalue weighted by molar-refractivity contribution is 0.461. The van der Waals surface area contributed by atoms with Gasteiger partial charge < -0.3 is 20.5 Å². The zero-order valence-electron chi connectivity index (χ0n) is 18.4. The first-order valence-corrected chi connectivity index (χ1v) is 10.00. The number of nitriles is 1. The molecular weight excluding hydrogens is 522 g/mol. The number of halogens is 2. The smallest absolute Gasteiger partial charge is 0.193 e. The molecule has 0 saturated carbocycles. The van der Waals surface area contributed by atoms with E-state index in [4.69, 9.17) is 5.73 Å². The number of nitrogens with two attached hydrogens (primary N) is 1. The number of nitrogen functional groups attached to an aromatic ring is 1. The van der Waals surface area contributed by atoms with E-state index in [1.165, 1.54) is 22.5 Å². The van der Waals surface area contributed by atoms with E-state index in [-0.39, 0.29) is 35.6 Å². The van der Waals surface area contributed by atoms with E-state index in [9.17, 15) is 9.65 Å². The minimum atomic E-state index is -0.341. The Morgan fingerprint density at radius 1 is 1.31 bits per heavy atom. The van der Waals surface area contributed by atoms with Gasteiger partial charge in [0.05, 0.1) is 17.9 Å². The number of hydrogen-bond acceptors (Lipinski definition) is 4.